The van der Waals surface area contributed by atoms with Gasteiger partial charge in [0.25, 0.3) is 0 Å². The molecular formula is C22H26N2OS3. The van der Waals surface area contributed by atoms with Gasteiger partial charge >= 0.3 is 0 Å². The first-order valence-electron chi connectivity index (χ1n) is 9.34. The Labute approximate surface area is 179 Å². The molecule has 28 heavy (non-hydrogen) atoms. The molecule has 0 atom stereocenters. The van der Waals surface area contributed by atoms with E-state index >= 15 is 0 Å². The normalized spacial score (nSPS) is 12.1. The van der Waals surface area contributed by atoms with E-state index in [9.17, 15) is 4.79 Å². The molecule has 0 aliphatic heterocycles. The average molecular weight is 431 g/mol. The van der Waals surface area contributed by atoms with Gasteiger partial charge in [0.05, 0.1) is 10.2 Å². The molecule has 3 rings (SSSR count). The van der Waals surface area contributed by atoms with Gasteiger partial charge < -0.3 is 4.57 Å². The lowest BCUT2D eigenvalue weighted by Gasteiger charge is -2.06. The number of benzene rings is 2. The molecule has 0 radical (unpaired) electrons. The topological polar surface area (TPSA) is 34.4 Å². The molecule has 0 saturated heterocycles. The average Bonchev–Trinajstić information content (AvgIpc) is 2.98. The summed E-state index contributed by atoms with van der Waals surface area (Å²) in [6, 6.07) is 12.8. The molecular weight excluding hydrogens is 404 g/mol. The largest absolute Gasteiger partial charge is 0.316 e. The third-order valence-electron chi connectivity index (χ3n) is 4.64. The molecule has 0 spiro atoms. The van der Waals surface area contributed by atoms with Gasteiger partial charge in [0.15, 0.2) is 4.80 Å². The predicted octanol–water partition coefficient (Wildman–Crippen LogP) is 5.60. The van der Waals surface area contributed by atoms with Crippen LogP contribution in [-0.2, 0) is 11.3 Å². The van der Waals surface area contributed by atoms with Crippen LogP contribution < -0.4 is 4.80 Å². The van der Waals surface area contributed by atoms with Crippen molar-refractivity contribution in [3.8, 4) is 0 Å². The SMILES string of the molecule is CSCCn1c(=NC(=O)CCSc2ccc(C)cc2)sc2cc(C)c(C)cc21. The van der Waals surface area contributed by atoms with E-state index in [1.807, 2.05) is 11.8 Å². The summed E-state index contributed by atoms with van der Waals surface area (Å²) in [4.78, 5) is 19.0. The number of nitrogens with zero attached hydrogens (tertiary/aromatic N) is 2. The summed E-state index contributed by atoms with van der Waals surface area (Å²) in [6.45, 7) is 7.21. The number of amides is 1. The first kappa shape index (κ1) is 21.2. The maximum Gasteiger partial charge on any atom is 0.249 e. The molecule has 0 N–H and O–H groups in total. The van der Waals surface area contributed by atoms with Crippen LogP contribution in [0.2, 0.25) is 0 Å². The van der Waals surface area contributed by atoms with Gasteiger partial charge in [-0.15, -0.1) is 11.8 Å². The molecule has 0 saturated carbocycles. The summed E-state index contributed by atoms with van der Waals surface area (Å²) in [5, 5.41) is 0. The van der Waals surface area contributed by atoms with Crippen LogP contribution in [0, 0.1) is 20.8 Å². The minimum atomic E-state index is -0.0440. The number of thiazole rings is 1. The van der Waals surface area contributed by atoms with Gasteiger partial charge in [0.1, 0.15) is 0 Å². The lowest BCUT2D eigenvalue weighted by atomic mass is 10.1. The Hall–Kier alpha value is -1.50. The molecule has 1 heterocycles. The van der Waals surface area contributed by atoms with Gasteiger partial charge in [-0.2, -0.15) is 16.8 Å². The van der Waals surface area contributed by atoms with E-state index in [1.165, 1.54) is 31.8 Å². The van der Waals surface area contributed by atoms with Crippen molar-refractivity contribution in [1.29, 1.82) is 0 Å². The Kier molecular flexibility index (Phi) is 7.43. The van der Waals surface area contributed by atoms with Gasteiger partial charge in [-0.05, 0) is 62.4 Å². The van der Waals surface area contributed by atoms with Crippen molar-refractivity contribution in [3.05, 3.63) is 57.9 Å². The van der Waals surface area contributed by atoms with Gasteiger partial charge in [-0.3, -0.25) is 4.79 Å². The van der Waals surface area contributed by atoms with E-state index in [0.29, 0.717) is 6.42 Å². The summed E-state index contributed by atoms with van der Waals surface area (Å²) in [7, 11) is 0. The highest BCUT2D eigenvalue weighted by atomic mass is 32.2. The van der Waals surface area contributed by atoms with Gasteiger partial charge in [0.2, 0.25) is 5.91 Å². The Balaban J connectivity index is 1.79. The Morgan fingerprint density at radius 2 is 1.79 bits per heavy atom. The molecule has 3 nitrogen and oxygen atoms in total. The van der Waals surface area contributed by atoms with Crippen molar-refractivity contribution in [2.24, 2.45) is 4.99 Å². The summed E-state index contributed by atoms with van der Waals surface area (Å²) in [5.74, 6) is 1.71. The quantitative estimate of drug-likeness (QED) is 0.458. The predicted molar refractivity (Wildman–Crippen MR) is 125 cm³/mol. The molecule has 0 unspecified atom stereocenters. The molecule has 2 aromatic carbocycles. The van der Waals surface area contributed by atoms with E-state index in [2.05, 4.69) is 73.0 Å². The van der Waals surface area contributed by atoms with Crippen LogP contribution in [0.4, 0.5) is 0 Å². The molecule has 0 aliphatic carbocycles. The van der Waals surface area contributed by atoms with Crippen LogP contribution in [-0.4, -0.2) is 28.2 Å². The maximum atomic E-state index is 12.5. The van der Waals surface area contributed by atoms with Crippen molar-refractivity contribution >= 4 is 51.0 Å². The monoisotopic (exact) mass is 430 g/mol. The highest BCUT2D eigenvalue weighted by Gasteiger charge is 2.10. The third-order valence-corrected chi connectivity index (χ3v) is 7.29. The van der Waals surface area contributed by atoms with Gasteiger partial charge in [-0.25, -0.2) is 0 Å². The summed E-state index contributed by atoms with van der Waals surface area (Å²) >= 11 is 5.13. The fourth-order valence-corrected chi connectivity index (χ4v) is 5.22. The molecule has 0 fully saturated rings. The molecule has 3 aromatic rings. The Morgan fingerprint density at radius 3 is 2.50 bits per heavy atom. The maximum absolute atomic E-state index is 12.5. The second-order valence-electron chi connectivity index (χ2n) is 6.85. The minimum absolute atomic E-state index is 0.0440. The molecule has 148 valence electrons. The summed E-state index contributed by atoms with van der Waals surface area (Å²) in [6.07, 6.45) is 2.56. The van der Waals surface area contributed by atoms with E-state index < -0.39 is 0 Å². The second kappa shape index (κ2) is 9.81. The van der Waals surface area contributed by atoms with Crippen LogP contribution in [0.15, 0.2) is 46.3 Å². The van der Waals surface area contributed by atoms with Crippen molar-refractivity contribution in [1.82, 2.24) is 4.57 Å². The Morgan fingerprint density at radius 1 is 1.07 bits per heavy atom. The standard InChI is InChI=1S/C22H26N2OS3/c1-15-5-7-18(8-6-15)27-11-9-21(25)23-22-24(10-12-26-4)19-13-16(2)17(3)14-20(19)28-22/h5-8,13-14H,9-12H2,1-4H3. The zero-order valence-corrected chi connectivity index (χ0v) is 19.3. The van der Waals surface area contributed by atoms with Crippen LogP contribution in [0.3, 0.4) is 0 Å². The Bertz CT molecular complexity index is 1030. The number of carbonyl (C=O) groups excluding carboxylic acids is 1. The first-order valence-corrected chi connectivity index (χ1v) is 12.5. The van der Waals surface area contributed by atoms with Crippen molar-refractivity contribution < 1.29 is 4.79 Å². The van der Waals surface area contributed by atoms with Crippen molar-refractivity contribution in [2.75, 3.05) is 17.8 Å². The van der Waals surface area contributed by atoms with Gasteiger partial charge in [-0.1, -0.05) is 29.0 Å². The van der Waals surface area contributed by atoms with Crippen molar-refractivity contribution in [2.45, 2.75) is 38.6 Å². The van der Waals surface area contributed by atoms with Crippen LogP contribution in [0.5, 0.6) is 0 Å². The number of aromatic nitrogens is 1. The van der Waals surface area contributed by atoms with E-state index in [4.69, 9.17) is 0 Å². The van der Waals surface area contributed by atoms with Crippen LogP contribution in [0.1, 0.15) is 23.1 Å². The minimum Gasteiger partial charge on any atom is -0.316 e. The van der Waals surface area contributed by atoms with E-state index in [-0.39, 0.29) is 5.91 Å². The fourth-order valence-electron chi connectivity index (χ4n) is 2.86. The lowest BCUT2D eigenvalue weighted by Crippen LogP contribution is -2.18. The zero-order chi connectivity index (χ0) is 20.1. The second-order valence-corrected chi connectivity index (χ2v) is 10.0. The lowest BCUT2D eigenvalue weighted by molar-refractivity contribution is -0.117. The number of hydrogen-bond acceptors (Lipinski definition) is 4. The number of aryl methyl sites for hydroxylation is 4. The first-order chi connectivity index (χ1) is 13.5. The number of thioether (sulfide) groups is 2. The van der Waals surface area contributed by atoms with E-state index in [1.54, 1.807) is 23.1 Å². The number of hydrogen-bond donors (Lipinski definition) is 0. The number of rotatable bonds is 7. The highest BCUT2D eigenvalue weighted by molar-refractivity contribution is 7.99. The highest BCUT2D eigenvalue weighted by Crippen LogP contribution is 2.23. The molecule has 6 heteroatoms. The fraction of sp³-hybridized carbons (Fsp3) is 0.364. The molecule has 1 aromatic heterocycles. The molecule has 0 bridgehead atoms. The molecule has 0 aliphatic rings. The van der Waals surface area contributed by atoms with Crippen LogP contribution >= 0.6 is 34.9 Å². The smallest absolute Gasteiger partial charge is 0.249 e. The van der Waals surface area contributed by atoms with Crippen molar-refractivity contribution in [3.63, 3.8) is 0 Å². The summed E-state index contributed by atoms with van der Waals surface area (Å²) < 4.78 is 3.40. The van der Waals surface area contributed by atoms with Crippen LogP contribution in [0.25, 0.3) is 10.2 Å². The van der Waals surface area contributed by atoms with E-state index in [0.717, 1.165) is 22.9 Å². The zero-order valence-electron chi connectivity index (χ0n) is 16.8. The molecule has 1 amide bonds. The number of fused-ring (bicyclic) bond motifs is 1. The van der Waals surface area contributed by atoms with Gasteiger partial charge in [0, 0.05) is 29.4 Å². The number of carbonyl (C=O) groups is 1. The summed E-state index contributed by atoms with van der Waals surface area (Å²) in [5.41, 5.74) is 4.98. The third kappa shape index (κ3) is 5.31.